The van der Waals surface area contributed by atoms with E-state index in [4.69, 9.17) is 4.55 Å². The van der Waals surface area contributed by atoms with E-state index in [2.05, 4.69) is 4.74 Å². The number of carbonyl (C=O) groups excluding carboxylic acids is 1. The molecule has 6 unspecified atom stereocenters. The Hall–Kier alpha value is -0.840. The molecule has 0 spiro atoms. The number of hydrogen-bond donors (Lipinski definition) is 3. The third-order valence-electron chi connectivity index (χ3n) is 8.04. The van der Waals surface area contributed by atoms with Crippen molar-refractivity contribution in [2.24, 2.45) is 29.1 Å². The van der Waals surface area contributed by atoms with Gasteiger partial charge in [-0.3, -0.25) is 9.35 Å². The van der Waals surface area contributed by atoms with Gasteiger partial charge in [0.05, 0.1) is 11.5 Å². The molecule has 29 heavy (non-hydrogen) atoms. The molecule has 0 amide bonds. The quantitative estimate of drug-likeness (QED) is 0.316. The predicted molar refractivity (Wildman–Crippen MR) is 98.2 cm³/mol. The summed E-state index contributed by atoms with van der Waals surface area (Å²) < 4.78 is 61.9. The van der Waals surface area contributed by atoms with Gasteiger partial charge in [0, 0.05) is 0 Å². The molecule has 10 heteroatoms. The van der Waals surface area contributed by atoms with Crippen molar-refractivity contribution >= 4 is 16.1 Å². The Morgan fingerprint density at radius 2 is 1.76 bits per heavy atom. The van der Waals surface area contributed by atoms with Crippen molar-refractivity contribution in [3.05, 3.63) is 0 Å². The lowest BCUT2D eigenvalue weighted by atomic mass is 9.43. The van der Waals surface area contributed by atoms with E-state index >= 15 is 0 Å². The summed E-state index contributed by atoms with van der Waals surface area (Å²) in [7, 11) is -5.93. The fraction of sp³-hybridized carbons (Fsp3) is 0.947. The summed E-state index contributed by atoms with van der Waals surface area (Å²) in [6.07, 6.45) is 2.33. The van der Waals surface area contributed by atoms with Crippen LogP contribution in [0.3, 0.4) is 0 Å². The molecule has 3 N–H and O–H groups in total. The van der Waals surface area contributed by atoms with Crippen LogP contribution in [0, 0.1) is 29.1 Å². The van der Waals surface area contributed by atoms with Gasteiger partial charge in [-0.25, -0.2) is 0 Å². The standard InChI is InChI=1S/C19H30F2O7S/c1-3-18(24,4-2)17-8-7-11-5-6-12(9-17)14(13(11)10-17)15(22)28-16(23)19(20,21)29(25,26)27/h11-14,16,23-24H,3-10H2,1-2H3,(H,25,26,27). The molecule has 0 aromatic heterocycles. The Labute approximate surface area is 169 Å². The average molecular weight is 441 g/mol. The van der Waals surface area contributed by atoms with Crippen LogP contribution in [0.2, 0.25) is 0 Å². The van der Waals surface area contributed by atoms with E-state index in [0.717, 1.165) is 19.3 Å². The zero-order valence-corrected chi connectivity index (χ0v) is 17.5. The fourth-order valence-electron chi connectivity index (χ4n) is 6.41. The van der Waals surface area contributed by atoms with E-state index < -0.39 is 39.2 Å². The highest BCUT2D eigenvalue weighted by atomic mass is 32.2. The molecule has 3 aliphatic rings. The molecule has 168 valence electrons. The summed E-state index contributed by atoms with van der Waals surface area (Å²) in [4.78, 5) is 12.7. The minimum Gasteiger partial charge on any atom is -0.428 e. The highest BCUT2D eigenvalue weighted by molar-refractivity contribution is 7.86. The fourth-order valence-corrected chi connectivity index (χ4v) is 6.72. The van der Waals surface area contributed by atoms with E-state index in [-0.39, 0.29) is 23.2 Å². The topological polar surface area (TPSA) is 121 Å². The number of hydrogen-bond acceptors (Lipinski definition) is 6. The van der Waals surface area contributed by atoms with Crippen LogP contribution in [-0.2, 0) is 19.6 Å². The van der Waals surface area contributed by atoms with Crippen LogP contribution in [0.1, 0.15) is 65.2 Å². The Balaban J connectivity index is 1.84. The zero-order valence-electron chi connectivity index (χ0n) is 16.7. The van der Waals surface area contributed by atoms with Gasteiger partial charge >= 0.3 is 21.3 Å². The molecule has 6 atom stereocenters. The molecule has 3 fully saturated rings. The van der Waals surface area contributed by atoms with Crippen molar-refractivity contribution in [3.8, 4) is 0 Å². The van der Waals surface area contributed by atoms with Gasteiger partial charge in [-0.15, -0.1) is 0 Å². The molecule has 7 nitrogen and oxygen atoms in total. The Morgan fingerprint density at radius 3 is 2.31 bits per heavy atom. The maximum absolute atomic E-state index is 13.6. The number of fused-ring (bicyclic) bond motifs is 2. The molecule has 0 aromatic rings. The maximum atomic E-state index is 13.6. The van der Waals surface area contributed by atoms with Crippen molar-refractivity contribution < 1.29 is 41.5 Å². The molecule has 3 bridgehead atoms. The molecular weight excluding hydrogens is 410 g/mol. The van der Waals surface area contributed by atoms with Crippen LogP contribution in [0.25, 0.3) is 0 Å². The van der Waals surface area contributed by atoms with E-state index in [9.17, 15) is 32.2 Å². The van der Waals surface area contributed by atoms with Crippen molar-refractivity contribution in [3.63, 3.8) is 0 Å². The van der Waals surface area contributed by atoms with Gasteiger partial charge in [-0.05, 0) is 74.5 Å². The third kappa shape index (κ3) is 3.49. The lowest BCUT2D eigenvalue weighted by molar-refractivity contribution is -0.227. The van der Waals surface area contributed by atoms with Crippen LogP contribution in [0.5, 0.6) is 0 Å². The number of rotatable bonds is 7. The summed E-state index contributed by atoms with van der Waals surface area (Å²) in [5, 5.41) is 15.8. The average Bonchev–Trinajstić information content (AvgIpc) is 2.64. The van der Waals surface area contributed by atoms with E-state index in [1.165, 1.54) is 0 Å². The normalized spacial score (nSPS) is 36.0. The van der Waals surface area contributed by atoms with Gasteiger partial charge < -0.3 is 14.9 Å². The highest BCUT2D eigenvalue weighted by Gasteiger charge is 2.62. The van der Waals surface area contributed by atoms with E-state index in [1.807, 2.05) is 13.8 Å². The summed E-state index contributed by atoms with van der Waals surface area (Å²) >= 11 is 0. The highest BCUT2D eigenvalue weighted by Crippen LogP contribution is 2.65. The second-order valence-electron chi connectivity index (χ2n) is 9.08. The minimum atomic E-state index is -5.93. The van der Waals surface area contributed by atoms with Crippen molar-refractivity contribution in [2.75, 3.05) is 0 Å². The van der Waals surface area contributed by atoms with E-state index in [1.54, 1.807) is 0 Å². The monoisotopic (exact) mass is 440 g/mol. The Bertz CT molecular complexity index is 748. The first-order valence-corrected chi connectivity index (χ1v) is 11.7. The van der Waals surface area contributed by atoms with Crippen LogP contribution >= 0.6 is 0 Å². The van der Waals surface area contributed by atoms with Crippen molar-refractivity contribution in [1.29, 1.82) is 0 Å². The number of esters is 1. The van der Waals surface area contributed by atoms with Gasteiger partial charge in [0.2, 0.25) is 0 Å². The van der Waals surface area contributed by atoms with E-state index in [0.29, 0.717) is 32.1 Å². The Kier molecular flexibility index (Phi) is 5.82. The summed E-state index contributed by atoms with van der Waals surface area (Å²) in [6, 6.07) is 0. The molecule has 3 aliphatic carbocycles. The van der Waals surface area contributed by atoms with Crippen LogP contribution in [0.15, 0.2) is 0 Å². The molecule has 0 aromatic carbocycles. The largest absolute Gasteiger partial charge is 0.430 e. The molecule has 3 saturated carbocycles. The molecule has 3 rings (SSSR count). The first-order chi connectivity index (χ1) is 13.3. The second-order valence-corrected chi connectivity index (χ2v) is 10.6. The lowest BCUT2D eigenvalue weighted by Crippen LogP contribution is -2.60. The first kappa shape index (κ1) is 22.8. The number of aliphatic hydroxyl groups is 2. The smallest absolute Gasteiger partial charge is 0.428 e. The predicted octanol–water partition coefficient (Wildman–Crippen LogP) is 2.71. The summed E-state index contributed by atoms with van der Waals surface area (Å²) in [6.45, 7) is 3.88. The Morgan fingerprint density at radius 1 is 1.17 bits per heavy atom. The number of halogens is 2. The van der Waals surface area contributed by atoms with Crippen LogP contribution in [-0.4, -0.2) is 46.3 Å². The van der Waals surface area contributed by atoms with Gasteiger partial charge in [0.1, 0.15) is 0 Å². The van der Waals surface area contributed by atoms with Crippen molar-refractivity contribution in [2.45, 2.75) is 82.4 Å². The molecular formula is C19H30F2O7S. The number of alkyl halides is 2. The lowest BCUT2D eigenvalue weighted by Gasteiger charge is -2.62. The summed E-state index contributed by atoms with van der Waals surface area (Å²) in [5.74, 6) is -1.94. The van der Waals surface area contributed by atoms with Crippen LogP contribution < -0.4 is 0 Å². The maximum Gasteiger partial charge on any atom is 0.430 e. The molecule has 0 aliphatic heterocycles. The number of ether oxygens (including phenoxy) is 1. The minimum absolute atomic E-state index is 0.167. The second kappa shape index (κ2) is 7.39. The molecule has 0 heterocycles. The van der Waals surface area contributed by atoms with Gasteiger partial charge in [0.15, 0.2) is 0 Å². The number of aliphatic hydroxyl groups excluding tert-OH is 1. The van der Waals surface area contributed by atoms with Crippen molar-refractivity contribution in [1.82, 2.24) is 0 Å². The SMILES string of the molecule is CCC(O)(CC)C12CCC3CCC(C1)C(C(=O)OC(O)C(F)(F)S(=O)(=O)O)C3C2. The summed E-state index contributed by atoms with van der Waals surface area (Å²) in [5.41, 5.74) is -1.20. The van der Waals surface area contributed by atoms with Gasteiger partial charge in [-0.2, -0.15) is 17.2 Å². The molecule has 0 radical (unpaired) electrons. The third-order valence-corrected chi connectivity index (χ3v) is 8.93. The van der Waals surface area contributed by atoms with Gasteiger partial charge in [0.25, 0.3) is 6.29 Å². The van der Waals surface area contributed by atoms with Gasteiger partial charge in [-0.1, -0.05) is 13.8 Å². The zero-order chi connectivity index (χ0) is 21.8. The number of carbonyl (C=O) groups is 1. The van der Waals surface area contributed by atoms with Crippen LogP contribution in [0.4, 0.5) is 8.78 Å². The first-order valence-electron chi connectivity index (χ1n) is 10.3. The molecule has 0 saturated heterocycles.